The second kappa shape index (κ2) is 6.68. The number of rotatable bonds is 3. The van der Waals surface area contributed by atoms with Gasteiger partial charge in [0.2, 0.25) is 0 Å². The standard InChI is InChI=1S/C18H21N3O3S/c1-10-5-6-13(11(2)7-10)15-8-12(3)14(17(22)21-18(19)20)9-16(15)25(4,23)24/h5-9H,1-4H3,(H4,19,20,21,22). The van der Waals surface area contributed by atoms with Crippen LogP contribution in [0.15, 0.2) is 40.2 Å². The van der Waals surface area contributed by atoms with Crippen LogP contribution in [0.5, 0.6) is 0 Å². The number of hydrogen-bond acceptors (Lipinski definition) is 3. The highest BCUT2D eigenvalue weighted by molar-refractivity contribution is 7.90. The van der Waals surface area contributed by atoms with E-state index in [1.165, 1.54) is 6.07 Å². The van der Waals surface area contributed by atoms with Gasteiger partial charge in [-0.2, -0.15) is 4.99 Å². The van der Waals surface area contributed by atoms with Gasteiger partial charge in [0.05, 0.1) is 4.90 Å². The molecule has 0 aliphatic carbocycles. The molecule has 4 N–H and O–H groups in total. The summed E-state index contributed by atoms with van der Waals surface area (Å²) >= 11 is 0. The van der Waals surface area contributed by atoms with Gasteiger partial charge in [0.25, 0.3) is 5.91 Å². The van der Waals surface area contributed by atoms with Crippen molar-refractivity contribution in [3.05, 3.63) is 52.6 Å². The Bertz CT molecular complexity index is 989. The van der Waals surface area contributed by atoms with E-state index in [2.05, 4.69) is 4.99 Å². The zero-order valence-electron chi connectivity index (χ0n) is 14.6. The zero-order valence-corrected chi connectivity index (χ0v) is 15.4. The molecule has 6 nitrogen and oxygen atoms in total. The number of amides is 1. The molecule has 0 aliphatic rings. The Morgan fingerprint density at radius 3 is 2.12 bits per heavy atom. The van der Waals surface area contributed by atoms with Gasteiger partial charge in [-0.1, -0.05) is 23.8 Å². The molecule has 1 amide bonds. The number of benzene rings is 2. The van der Waals surface area contributed by atoms with Crippen LogP contribution in [0.2, 0.25) is 0 Å². The van der Waals surface area contributed by atoms with E-state index in [1.54, 1.807) is 13.0 Å². The second-order valence-electron chi connectivity index (χ2n) is 6.10. The van der Waals surface area contributed by atoms with E-state index in [0.717, 1.165) is 22.9 Å². The summed E-state index contributed by atoms with van der Waals surface area (Å²) in [6.45, 7) is 5.60. The SMILES string of the molecule is Cc1ccc(-c2cc(C)c(C(=O)N=C(N)N)cc2S(C)(=O)=O)c(C)c1. The molecule has 0 aliphatic heterocycles. The smallest absolute Gasteiger partial charge is 0.280 e. The van der Waals surface area contributed by atoms with Crippen molar-refractivity contribution in [2.24, 2.45) is 16.5 Å². The highest BCUT2D eigenvalue weighted by Gasteiger charge is 2.21. The van der Waals surface area contributed by atoms with Gasteiger partial charge in [-0.25, -0.2) is 8.42 Å². The van der Waals surface area contributed by atoms with E-state index in [-0.39, 0.29) is 16.4 Å². The van der Waals surface area contributed by atoms with Crippen LogP contribution in [0.1, 0.15) is 27.0 Å². The van der Waals surface area contributed by atoms with E-state index in [4.69, 9.17) is 11.5 Å². The van der Waals surface area contributed by atoms with Crippen LogP contribution in [0.25, 0.3) is 11.1 Å². The number of nitrogens with zero attached hydrogens (tertiary/aromatic N) is 1. The van der Waals surface area contributed by atoms with Crippen LogP contribution in [-0.2, 0) is 9.84 Å². The lowest BCUT2D eigenvalue weighted by Crippen LogP contribution is -2.24. The van der Waals surface area contributed by atoms with Crippen LogP contribution in [0.4, 0.5) is 0 Å². The fraction of sp³-hybridized carbons (Fsp3) is 0.222. The quantitative estimate of drug-likeness (QED) is 0.643. The van der Waals surface area contributed by atoms with Crippen molar-refractivity contribution in [2.45, 2.75) is 25.7 Å². The highest BCUT2D eigenvalue weighted by atomic mass is 32.2. The minimum Gasteiger partial charge on any atom is -0.370 e. The maximum atomic E-state index is 12.3. The monoisotopic (exact) mass is 359 g/mol. The summed E-state index contributed by atoms with van der Waals surface area (Å²) in [5.74, 6) is -1.04. The second-order valence-corrected chi connectivity index (χ2v) is 8.08. The third kappa shape index (κ3) is 4.06. The molecule has 25 heavy (non-hydrogen) atoms. The predicted octanol–water partition coefficient (Wildman–Crippen LogP) is 2.10. The molecule has 0 saturated heterocycles. The van der Waals surface area contributed by atoms with Gasteiger partial charge in [0.1, 0.15) is 0 Å². The Labute approximate surface area is 147 Å². The van der Waals surface area contributed by atoms with Gasteiger partial charge in [0.15, 0.2) is 15.8 Å². The highest BCUT2D eigenvalue weighted by Crippen LogP contribution is 2.33. The molecule has 0 radical (unpaired) electrons. The molecule has 2 rings (SSSR count). The molecule has 2 aromatic carbocycles. The number of sulfone groups is 1. The third-order valence-corrected chi connectivity index (χ3v) is 5.00. The first-order chi connectivity index (χ1) is 11.5. The van der Waals surface area contributed by atoms with Crippen molar-refractivity contribution < 1.29 is 13.2 Å². The topological polar surface area (TPSA) is 116 Å². The molecule has 0 atom stereocenters. The van der Waals surface area contributed by atoms with Crippen LogP contribution in [-0.4, -0.2) is 26.5 Å². The van der Waals surface area contributed by atoms with Gasteiger partial charge in [-0.05, 0) is 49.6 Å². The molecule has 0 saturated carbocycles. The normalized spacial score (nSPS) is 11.2. The van der Waals surface area contributed by atoms with Gasteiger partial charge in [-0.3, -0.25) is 4.79 Å². The molecular formula is C18H21N3O3S. The van der Waals surface area contributed by atoms with Gasteiger partial charge >= 0.3 is 0 Å². The average molecular weight is 359 g/mol. The number of aryl methyl sites for hydroxylation is 3. The van der Waals surface area contributed by atoms with E-state index >= 15 is 0 Å². The summed E-state index contributed by atoms with van der Waals surface area (Å²) in [4.78, 5) is 15.7. The summed E-state index contributed by atoms with van der Waals surface area (Å²) < 4.78 is 24.6. The first kappa shape index (κ1) is 18.7. The number of carbonyl (C=O) groups excluding carboxylic acids is 1. The molecule has 0 bridgehead atoms. The van der Waals surface area contributed by atoms with Crippen molar-refractivity contribution in [3.8, 4) is 11.1 Å². The van der Waals surface area contributed by atoms with Crippen molar-refractivity contribution in [1.29, 1.82) is 0 Å². The number of carbonyl (C=O) groups is 1. The molecule has 7 heteroatoms. The number of guanidine groups is 1. The van der Waals surface area contributed by atoms with E-state index in [1.807, 2.05) is 32.0 Å². The summed E-state index contributed by atoms with van der Waals surface area (Å²) in [5.41, 5.74) is 14.6. The fourth-order valence-electron chi connectivity index (χ4n) is 2.73. The van der Waals surface area contributed by atoms with E-state index in [0.29, 0.717) is 11.1 Å². The third-order valence-electron chi connectivity index (χ3n) is 3.86. The molecule has 0 aromatic heterocycles. The van der Waals surface area contributed by atoms with Gasteiger partial charge in [-0.15, -0.1) is 0 Å². The number of aliphatic imine (C=N–C) groups is 1. The van der Waals surface area contributed by atoms with Crippen molar-refractivity contribution in [3.63, 3.8) is 0 Å². The summed E-state index contributed by atoms with van der Waals surface area (Å²) in [6.07, 6.45) is 1.11. The zero-order chi connectivity index (χ0) is 18.9. The van der Waals surface area contributed by atoms with Crippen molar-refractivity contribution in [1.82, 2.24) is 0 Å². The first-order valence-corrected chi connectivity index (χ1v) is 9.46. The van der Waals surface area contributed by atoms with E-state index < -0.39 is 15.7 Å². The van der Waals surface area contributed by atoms with Crippen molar-refractivity contribution in [2.75, 3.05) is 6.26 Å². The number of nitrogens with two attached hydrogens (primary N) is 2. The molecule has 2 aromatic rings. The Morgan fingerprint density at radius 1 is 0.960 bits per heavy atom. The summed E-state index contributed by atoms with van der Waals surface area (Å²) in [7, 11) is -3.57. The molecule has 0 fully saturated rings. The summed E-state index contributed by atoms with van der Waals surface area (Å²) in [5, 5.41) is 0. The van der Waals surface area contributed by atoms with E-state index in [9.17, 15) is 13.2 Å². The Kier molecular flexibility index (Phi) is 4.99. The molecule has 132 valence electrons. The predicted molar refractivity (Wildman–Crippen MR) is 99.3 cm³/mol. The van der Waals surface area contributed by atoms with Gasteiger partial charge < -0.3 is 11.5 Å². The Balaban J connectivity index is 2.80. The van der Waals surface area contributed by atoms with Crippen LogP contribution in [0.3, 0.4) is 0 Å². The minimum absolute atomic E-state index is 0.0687. The van der Waals surface area contributed by atoms with Gasteiger partial charge in [0, 0.05) is 17.4 Å². The lowest BCUT2D eigenvalue weighted by molar-refractivity contribution is 0.100. The lowest BCUT2D eigenvalue weighted by Gasteiger charge is -2.15. The molecule has 0 heterocycles. The average Bonchev–Trinajstić information content (AvgIpc) is 2.44. The maximum absolute atomic E-state index is 12.3. The van der Waals surface area contributed by atoms with Crippen LogP contribution >= 0.6 is 0 Å². The first-order valence-electron chi connectivity index (χ1n) is 7.57. The lowest BCUT2D eigenvalue weighted by atomic mass is 9.95. The Hall–Kier alpha value is -2.67. The van der Waals surface area contributed by atoms with Crippen LogP contribution < -0.4 is 11.5 Å². The van der Waals surface area contributed by atoms with Crippen molar-refractivity contribution >= 4 is 21.7 Å². The molecule has 0 spiro atoms. The maximum Gasteiger partial charge on any atom is 0.280 e. The number of hydrogen-bond donors (Lipinski definition) is 2. The van der Waals surface area contributed by atoms with Crippen LogP contribution in [0, 0.1) is 20.8 Å². The largest absolute Gasteiger partial charge is 0.370 e. The summed E-state index contributed by atoms with van der Waals surface area (Å²) in [6, 6.07) is 8.81. The molecular weight excluding hydrogens is 338 g/mol. The molecule has 0 unspecified atom stereocenters. The fourth-order valence-corrected chi connectivity index (χ4v) is 3.63. The Morgan fingerprint density at radius 2 is 1.60 bits per heavy atom. The minimum atomic E-state index is -3.57.